The van der Waals surface area contributed by atoms with E-state index in [0.29, 0.717) is 11.5 Å². The minimum Gasteiger partial charge on any atom is -0.494 e. The average molecular weight is 291 g/mol. The second kappa shape index (κ2) is 7.31. The SMILES string of the molecule is CCCOc1ccc(C(C)NC(C)(C)CC(C)(C)C)cc1. The van der Waals surface area contributed by atoms with Crippen molar-refractivity contribution in [3.8, 4) is 5.75 Å². The third-order valence-corrected chi connectivity index (χ3v) is 3.43. The van der Waals surface area contributed by atoms with Crippen molar-refractivity contribution in [2.24, 2.45) is 5.41 Å². The monoisotopic (exact) mass is 291 g/mol. The molecule has 2 heteroatoms. The molecule has 0 aliphatic rings. The van der Waals surface area contributed by atoms with Crippen molar-refractivity contribution in [1.29, 1.82) is 0 Å². The van der Waals surface area contributed by atoms with Gasteiger partial charge in [-0.15, -0.1) is 0 Å². The summed E-state index contributed by atoms with van der Waals surface area (Å²) in [4.78, 5) is 0. The zero-order valence-corrected chi connectivity index (χ0v) is 14.9. The van der Waals surface area contributed by atoms with Gasteiger partial charge in [0.15, 0.2) is 0 Å². The molecule has 0 spiro atoms. The Bertz CT molecular complexity index is 414. The molecule has 0 radical (unpaired) electrons. The Morgan fingerprint density at radius 1 is 1.05 bits per heavy atom. The van der Waals surface area contributed by atoms with Gasteiger partial charge < -0.3 is 10.1 Å². The lowest BCUT2D eigenvalue weighted by Crippen LogP contribution is -2.43. The molecule has 1 rings (SSSR count). The molecule has 1 unspecified atom stereocenters. The van der Waals surface area contributed by atoms with E-state index in [0.717, 1.165) is 25.2 Å². The third kappa shape index (κ3) is 6.99. The van der Waals surface area contributed by atoms with Crippen molar-refractivity contribution in [3.05, 3.63) is 29.8 Å². The van der Waals surface area contributed by atoms with E-state index in [1.54, 1.807) is 0 Å². The van der Waals surface area contributed by atoms with Crippen LogP contribution < -0.4 is 10.1 Å². The first-order valence-corrected chi connectivity index (χ1v) is 8.13. The molecule has 1 aromatic carbocycles. The van der Waals surface area contributed by atoms with Crippen molar-refractivity contribution < 1.29 is 4.74 Å². The molecule has 1 N–H and O–H groups in total. The van der Waals surface area contributed by atoms with E-state index in [9.17, 15) is 0 Å². The van der Waals surface area contributed by atoms with Crippen molar-refractivity contribution in [2.45, 2.75) is 72.9 Å². The Balaban J connectivity index is 2.64. The van der Waals surface area contributed by atoms with Crippen LogP contribution in [0, 0.1) is 5.41 Å². The quantitative estimate of drug-likeness (QED) is 0.732. The highest BCUT2D eigenvalue weighted by atomic mass is 16.5. The molecule has 0 bridgehead atoms. The maximum Gasteiger partial charge on any atom is 0.119 e. The molecule has 2 nitrogen and oxygen atoms in total. The van der Waals surface area contributed by atoms with E-state index in [2.05, 4.69) is 78.0 Å². The summed E-state index contributed by atoms with van der Waals surface area (Å²) in [5.74, 6) is 0.960. The summed E-state index contributed by atoms with van der Waals surface area (Å²) < 4.78 is 5.64. The zero-order chi connectivity index (χ0) is 16.1. The van der Waals surface area contributed by atoms with E-state index < -0.39 is 0 Å². The standard InChI is InChI=1S/C19H33NO/c1-8-13-21-17-11-9-16(10-12-17)15(2)20-19(6,7)14-18(3,4)5/h9-12,15,20H,8,13-14H2,1-7H3. The summed E-state index contributed by atoms with van der Waals surface area (Å²) in [6, 6.07) is 8.80. The van der Waals surface area contributed by atoms with Crippen LogP contribution >= 0.6 is 0 Å². The summed E-state index contributed by atoms with van der Waals surface area (Å²) in [6.07, 6.45) is 2.18. The molecule has 21 heavy (non-hydrogen) atoms. The van der Waals surface area contributed by atoms with Crippen LogP contribution in [0.4, 0.5) is 0 Å². The van der Waals surface area contributed by atoms with E-state index in [1.165, 1.54) is 5.56 Å². The average Bonchev–Trinajstić information content (AvgIpc) is 2.33. The summed E-state index contributed by atoms with van der Waals surface area (Å²) in [5.41, 5.74) is 1.75. The first-order valence-electron chi connectivity index (χ1n) is 8.13. The van der Waals surface area contributed by atoms with Gasteiger partial charge in [-0.05, 0) is 56.7 Å². The summed E-state index contributed by atoms with van der Waals surface area (Å²) in [6.45, 7) is 16.6. The molecule has 0 amide bonds. The smallest absolute Gasteiger partial charge is 0.119 e. The second-order valence-corrected chi connectivity index (χ2v) is 7.90. The molecular formula is C19H33NO. The van der Waals surface area contributed by atoms with Crippen LogP contribution in [-0.2, 0) is 0 Å². The predicted molar refractivity (Wildman–Crippen MR) is 91.9 cm³/mol. The fourth-order valence-electron chi connectivity index (χ4n) is 3.12. The number of benzene rings is 1. The van der Waals surface area contributed by atoms with Crippen LogP contribution in [-0.4, -0.2) is 12.1 Å². The van der Waals surface area contributed by atoms with Gasteiger partial charge in [-0.1, -0.05) is 39.8 Å². The third-order valence-electron chi connectivity index (χ3n) is 3.43. The van der Waals surface area contributed by atoms with Crippen LogP contribution in [0.3, 0.4) is 0 Å². The van der Waals surface area contributed by atoms with Gasteiger partial charge in [0, 0.05) is 11.6 Å². The number of nitrogens with one attached hydrogen (secondary N) is 1. The number of ether oxygens (including phenoxy) is 1. The fourth-order valence-corrected chi connectivity index (χ4v) is 3.12. The van der Waals surface area contributed by atoms with Crippen LogP contribution in [0.1, 0.15) is 72.9 Å². The molecule has 0 saturated carbocycles. The Morgan fingerprint density at radius 3 is 2.10 bits per heavy atom. The maximum absolute atomic E-state index is 5.64. The van der Waals surface area contributed by atoms with Gasteiger partial charge in [-0.25, -0.2) is 0 Å². The molecule has 0 heterocycles. The number of rotatable bonds is 7. The molecule has 0 aliphatic carbocycles. The van der Waals surface area contributed by atoms with Crippen molar-refractivity contribution in [3.63, 3.8) is 0 Å². The highest BCUT2D eigenvalue weighted by Crippen LogP contribution is 2.29. The van der Waals surface area contributed by atoms with Crippen molar-refractivity contribution in [2.75, 3.05) is 6.61 Å². The first kappa shape index (κ1) is 18.0. The molecule has 0 saturated heterocycles. The predicted octanol–water partition coefficient (Wildman–Crippen LogP) is 5.34. The molecule has 0 fully saturated rings. The number of hydrogen-bond acceptors (Lipinski definition) is 2. The van der Waals surface area contributed by atoms with Crippen molar-refractivity contribution >= 4 is 0 Å². The number of hydrogen-bond donors (Lipinski definition) is 1. The van der Waals surface area contributed by atoms with Gasteiger partial charge in [0.05, 0.1) is 6.61 Å². The van der Waals surface area contributed by atoms with E-state index in [4.69, 9.17) is 4.74 Å². The summed E-state index contributed by atoms with van der Waals surface area (Å²) >= 11 is 0. The zero-order valence-electron chi connectivity index (χ0n) is 14.9. The van der Waals surface area contributed by atoms with E-state index >= 15 is 0 Å². The van der Waals surface area contributed by atoms with Gasteiger partial charge in [-0.3, -0.25) is 0 Å². The lowest BCUT2D eigenvalue weighted by Gasteiger charge is -2.36. The van der Waals surface area contributed by atoms with Gasteiger partial charge in [0.25, 0.3) is 0 Å². The minimum atomic E-state index is 0.120. The highest BCUT2D eigenvalue weighted by Gasteiger charge is 2.26. The Kier molecular flexibility index (Phi) is 6.27. The maximum atomic E-state index is 5.64. The molecule has 0 aromatic heterocycles. The van der Waals surface area contributed by atoms with Gasteiger partial charge in [0.2, 0.25) is 0 Å². The van der Waals surface area contributed by atoms with Crippen LogP contribution in [0.2, 0.25) is 0 Å². The normalized spacial score (nSPS) is 14.0. The van der Waals surface area contributed by atoms with E-state index in [1.807, 2.05) is 0 Å². The second-order valence-electron chi connectivity index (χ2n) is 7.90. The summed E-state index contributed by atoms with van der Waals surface area (Å²) in [5, 5.41) is 3.75. The fraction of sp³-hybridized carbons (Fsp3) is 0.684. The lowest BCUT2D eigenvalue weighted by atomic mass is 9.81. The molecule has 1 aromatic rings. The minimum absolute atomic E-state index is 0.120. The molecular weight excluding hydrogens is 258 g/mol. The molecule has 0 aliphatic heterocycles. The first-order chi connectivity index (χ1) is 9.63. The largest absolute Gasteiger partial charge is 0.494 e. The Morgan fingerprint density at radius 2 is 1.62 bits per heavy atom. The highest BCUT2D eigenvalue weighted by molar-refractivity contribution is 5.29. The van der Waals surface area contributed by atoms with Crippen LogP contribution in [0.25, 0.3) is 0 Å². The van der Waals surface area contributed by atoms with Gasteiger partial charge >= 0.3 is 0 Å². The van der Waals surface area contributed by atoms with Gasteiger partial charge in [-0.2, -0.15) is 0 Å². The van der Waals surface area contributed by atoms with Gasteiger partial charge in [0.1, 0.15) is 5.75 Å². The van der Waals surface area contributed by atoms with E-state index in [-0.39, 0.29) is 5.54 Å². The van der Waals surface area contributed by atoms with Crippen LogP contribution in [0.5, 0.6) is 5.75 Å². The molecule has 120 valence electrons. The topological polar surface area (TPSA) is 21.3 Å². The Hall–Kier alpha value is -1.02. The lowest BCUT2D eigenvalue weighted by molar-refractivity contribution is 0.226. The molecule has 1 atom stereocenters. The Labute approximate surface area is 131 Å². The van der Waals surface area contributed by atoms with Crippen LogP contribution in [0.15, 0.2) is 24.3 Å². The summed E-state index contributed by atoms with van der Waals surface area (Å²) in [7, 11) is 0. The van der Waals surface area contributed by atoms with Crippen molar-refractivity contribution in [1.82, 2.24) is 5.32 Å².